The number of nitrogens with zero attached hydrogens (tertiary/aromatic N) is 1. The highest BCUT2D eigenvalue weighted by atomic mass is 16.3. The van der Waals surface area contributed by atoms with Crippen LogP contribution in [0.1, 0.15) is 58.3 Å². The molecule has 0 aromatic carbocycles. The van der Waals surface area contributed by atoms with Gasteiger partial charge in [0.15, 0.2) is 0 Å². The maximum atomic E-state index is 9.31. The van der Waals surface area contributed by atoms with E-state index < -0.39 is 0 Å². The molecular weight excluding hydrogens is 234 g/mol. The molecule has 4 saturated carbocycles. The first-order valence-corrected chi connectivity index (χ1v) is 8.56. The molecule has 0 saturated heterocycles. The van der Waals surface area contributed by atoms with Gasteiger partial charge in [0.05, 0.1) is 6.61 Å². The summed E-state index contributed by atoms with van der Waals surface area (Å²) in [7, 11) is 0. The van der Waals surface area contributed by atoms with Crippen LogP contribution in [0.4, 0.5) is 0 Å². The van der Waals surface area contributed by atoms with Gasteiger partial charge in [0.1, 0.15) is 0 Å². The molecule has 0 atom stereocenters. The molecule has 110 valence electrons. The molecule has 0 aromatic heterocycles. The van der Waals surface area contributed by atoms with Gasteiger partial charge in [-0.3, -0.25) is 0 Å². The first kappa shape index (κ1) is 13.9. The minimum absolute atomic E-state index is 0.329. The van der Waals surface area contributed by atoms with Gasteiger partial charge in [-0.25, -0.2) is 0 Å². The summed E-state index contributed by atoms with van der Waals surface area (Å²) in [4.78, 5) is 2.57. The zero-order valence-corrected chi connectivity index (χ0v) is 12.6. The van der Waals surface area contributed by atoms with E-state index in [0.717, 1.165) is 24.3 Å². The third-order valence-electron chi connectivity index (χ3n) is 5.97. The van der Waals surface area contributed by atoms with Crippen LogP contribution in [0.3, 0.4) is 0 Å². The van der Waals surface area contributed by atoms with Crippen LogP contribution in [0.2, 0.25) is 0 Å². The number of rotatable bonds is 7. The van der Waals surface area contributed by atoms with E-state index in [1.807, 2.05) is 0 Å². The van der Waals surface area contributed by atoms with Crippen LogP contribution in [-0.4, -0.2) is 36.2 Å². The lowest BCUT2D eigenvalue weighted by Gasteiger charge is -2.58. The molecule has 0 unspecified atom stereocenters. The average molecular weight is 265 g/mol. The molecular formula is C17H31NO. The van der Waals surface area contributed by atoms with Crippen molar-refractivity contribution < 1.29 is 5.11 Å². The Labute approximate surface area is 118 Å². The van der Waals surface area contributed by atoms with Crippen molar-refractivity contribution in [3.05, 3.63) is 0 Å². The lowest BCUT2D eigenvalue weighted by Crippen LogP contribution is -2.51. The highest BCUT2D eigenvalue weighted by Crippen LogP contribution is 2.60. The monoisotopic (exact) mass is 265 g/mol. The molecule has 0 spiro atoms. The van der Waals surface area contributed by atoms with Crippen LogP contribution in [0, 0.1) is 23.2 Å². The van der Waals surface area contributed by atoms with Gasteiger partial charge in [-0.1, -0.05) is 13.3 Å². The van der Waals surface area contributed by atoms with Crippen molar-refractivity contribution in [2.75, 3.05) is 26.2 Å². The van der Waals surface area contributed by atoms with Gasteiger partial charge in [-0.2, -0.15) is 0 Å². The number of hydrogen-bond donors (Lipinski definition) is 1. The van der Waals surface area contributed by atoms with Crippen LogP contribution in [0.25, 0.3) is 0 Å². The molecule has 4 fully saturated rings. The van der Waals surface area contributed by atoms with Gasteiger partial charge in [-0.15, -0.1) is 0 Å². The van der Waals surface area contributed by atoms with Gasteiger partial charge in [0, 0.05) is 13.1 Å². The van der Waals surface area contributed by atoms with Gasteiger partial charge in [0.25, 0.3) is 0 Å². The Bertz CT molecular complexity index is 266. The zero-order chi connectivity index (χ0) is 13.3. The summed E-state index contributed by atoms with van der Waals surface area (Å²) in [5.41, 5.74) is 0.637. The Morgan fingerprint density at radius 1 is 1.00 bits per heavy atom. The van der Waals surface area contributed by atoms with E-state index in [0.29, 0.717) is 12.0 Å². The standard InChI is InChI=1S/C17H31NO/c1-2-3-4-18(5-6-19)13-17-10-14-7-15(11-17)9-16(8-14)12-17/h14-16,19H,2-13H2,1H3. The minimum atomic E-state index is 0.329. The topological polar surface area (TPSA) is 23.5 Å². The summed E-state index contributed by atoms with van der Waals surface area (Å²) >= 11 is 0. The number of aliphatic hydroxyl groups excluding tert-OH is 1. The summed E-state index contributed by atoms with van der Waals surface area (Å²) in [5.74, 6) is 3.15. The third kappa shape index (κ3) is 3.00. The quantitative estimate of drug-likeness (QED) is 0.763. The van der Waals surface area contributed by atoms with E-state index in [1.165, 1.54) is 64.5 Å². The number of unbranched alkanes of at least 4 members (excludes halogenated alkanes) is 1. The molecule has 4 aliphatic rings. The molecule has 4 bridgehead atoms. The largest absolute Gasteiger partial charge is 0.395 e. The summed E-state index contributed by atoms with van der Waals surface area (Å²) in [5, 5.41) is 9.31. The Hall–Kier alpha value is -0.0800. The van der Waals surface area contributed by atoms with E-state index >= 15 is 0 Å². The van der Waals surface area contributed by atoms with E-state index in [4.69, 9.17) is 0 Å². The lowest BCUT2D eigenvalue weighted by atomic mass is 9.49. The molecule has 1 N–H and O–H groups in total. The maximum absolute atomic E-state index is 9.31. The van der Waals surface area contributed by atoms with Gasteiger partial charge >= 0.3 is 0 Å². The van der Waals surface area contributed by atoms with Gasteiger partial charge < -0.3 is 10.0 Å². The van der Waals surface area contributed by atoms with Crippen molar-refractivity contribution in [2.45, 2.75) is 58.3 Å². The van der Waals surface area contributed by atoms with Crippen molar-refractivity contribution >= 4 is 0 Å². The fraction of sp³-hybridized carbons (Fsp3) is 1.00. The molecule has 0 heterocycles. The molecule has 0 aliphatic heterocycles. The second-order valence-corrected chi connectivity index (χ2v) is 7.77. The molecule has 4 aliphatic carbocycles. The molecule has 0 amide bonds. The molecule has 2 heteroatoms. The van der Waals surface area contributed by atoms with Gasteiger partial charge in [0.2, 0.25) is 0 Å². The Balaban J connectivity index is 1.63. The first-order chi connectivity index (χ1) is 9.23. The van der Waals surface area contributed by atoms with E-state index in [1.54, 1.807) is 0 Å². The second kappa shape index (κ2) is 5.73. The van der Waals surface area contributed by atoms with Crippen molar-refractivity contribution in [3.8, 4) is 0 Å². The molecule has 2 nitrogen and oxygen atoms in total. The van der Waals surface area contributed by atoms with Crippen LogP contribution in [0.15, 0.2) is 0 Å². The number of aliphatic hydroxyl groups is 1. The predicted octanol–water partition coefficient (Wildman–Crippen LogP) is 3.30. The fourth-order valence-electron chi connectivity index (χ4n) is 5.75. The normalized spacial score (nSPS) is 40.3. The Morgan fingerprint density at radius 3 is 2.05 bits per heavy atom. The zero-order valence-electron chi connectivity index (χ0n) is 12.6. The van der Waals surface area contributed by atoms with Crippen molar-refractivity contribution in [2.24, 2.45) is 23.2 Å². The first-order valence-electron chi connectivity index (χ1n) is 8.56. The number of hydrogen-bond acceptors (Lipinski definition) is 2. The van der Waals surface area contributed by atoms with Gasteiger partial charge in [-0.05, 0) is 74.7 Å². The lowest BCUT2D eigenvalue weighted by molar-refractivity contribution is -0.0703. The summed E-state index contributed by atoms with van der Waals surface area (Å²) in [6, 6.07) is 0. The highest BCUT2D eigenvalue weighted by Gasteiger charge is 2.51. The van der Waals surface area contributed by atoms with E-state index in [2.05, 4.69) is 11.8 Å². The predicted molar refractivity (Wildman–Crippen MR) is 79.0 cm³/mol. The van der Waals surface area contributed by atoms with Crippen molar-refractivity contribution in [1.82, 2.24) is 4.90 Å². The molecule has 19 heavy (non-hydrogen) atoms. The summed E-state index contributed by atoms with van der Waals surface area (Å²) in [6.07, 6.45) is 11.6. The summed E-state index contributed by atoms with van der Waals surface area (Å²) < 4.78 is 0. The van der Waals surface area contributed by atoms with Crippen LogP contribution < -0.4 is 0 Å². The average Bonchev–Trinajstić information content (AvgIpc) is 2.34. The molecule has 0 aromatic rings. The molecule has 0 radical (unpaired) electrons. The van der Waals surface area contributed by atoms with Crippen molar-refractivity contribution in [1.29, 1.82) is 0 Å². The smallest absolute Gasteiger partial charge is 0.0558 e. The second-order valence-electron chi connectivity index (χ2n) is 7.77. The minimum Gasteiger partial charge on any atom is -0.395 e. The summed E-state index contributed by atoms with van der Waals surface area (Å²) in [6.45, 7) is 5.95. The van der Waals surface area contributed by atoms with Crippen molar-refractivity contribution in [3.63, 3.8) is 0 Å². The van der Waals surface area contributed by atoms with Crippen LogP contribution in [-0.2, 0) is 0 Å². The Kier molecular flexibility index (Phi) is 4.19. The van der Waals surface area contributed by atoms with Crippen LogP contribution in [0.5, 0.6) is 0 Å². The fourth-order valence-corrected chi connectivity index (χ4v) is 5.75. The highest BCUT2D eigenvalue weighted by molar-refractivity contribution is 5.02. The van der Waals surface area contributed by atoms with E-state index in [-0.39, 0.29) is 0 Å². The van der Waals surface area contributed by atoms with Crippen LogP contribution >= 0.6 is 0 Å². The van der Waals surface area contributed by atoms with E-state index in [9.17, 15) is 5.11 Å². The third-order valence-corrected chi connectivity index (χ3v) is 5.97. The maximum Gasteiger partial charge on any atom is 0.0558 e. The SMILES string of the molecule is CCCCN(CCO)CC12CC3CC(CC(C3)C1)C2. The molecule has 4 rings (SSSR count). The Morgan fingerprint density at radius 2 is 1.58 bits per heavy atom.